The Labute approximate surface area is 660 Å². The lowest BCUT2D eigenvalue weighted by molar-refractivity contribution is -0.132. The number of H-pyrrole nitrogens is 3. The van der Waals surface area contributed by atoms with E-state index in [4.69, 9.17) is 57.8 Å². The average molecular weight is 1710 g/mol. The number of nitrogens with zero attached hydrogens (tertiary/aromatic N) is 18. The number of aromatic nitrogens is 12. The maximum absolute atomic E-state index is 16.3. The van der Waals surface area contributed by atoms with Crippen molar-refractivity contribution in [3.8, 4) is 0 Å². The summed E-state index contributed by atoms with van der Waals surface area (Å²) in [6, 6.07) is 6.63. The molecule has 15 atom stereocenters. The lowest BCUT2D eigenvalue weighted by Crippen LogP contribution is -2.52. The molecule has 0 aliphatic carbocycles. The molecule has 0 spiro atoms. The van der Waals surface area contributed by atoms with Crippen LogP contribution in [0.4, 0.5) is 11.5 Å². The highest BCUT2D eigenvalue weighted by Crippen LogP contribution is 2.60. The second kappa shape index (κ2) is 35.3. The molecule has 12 rings (SSSR count). The molecule has 5 aliphatic rings. The molecule has 0 amide bonds. The molecule has 1 aromatic carbocycles. The van der Waals surface area contributed by atoms with Crippen LogP contribution in [0, 0.1) is 20.8 Å². The van der Waals surface area contributed by atoms with Gasteiger partial charge in [0.2, 0.25) is 0 Å². The van der Waals surface area contributed by atoms with Crippen LogP contribution >= 0.6 is 38.2 Å². The van der Waals surface area contributed by atoms with E-state index in [-0.39, 0.29) is 88.0 Å². The Morgan fingerprint density at radius 1 is 0.470 bits per heavy atom. The number of fused-ring (bicyclic) bond motifs is 2. The minimum atomic E-state index is -4.45. The number of rotatable bonds is 30. The van der Waals surface area contributed by atoms with Crippen molar-refractivity contribution >= 4 is 71.9 Å². The van der Waals surface area contributed by atoms with Crippen molar-refractivity contribution in [1.82, 2.24) is 105 Å². The molecule has 11 heterocycles. The van der Waals surface area contributed by atoms with Gasteiger partial charge in [0.15, 0.2) is 29.8 Å². The molecule has 5 fully saturated rings. The van der Waals surface area contributed by atoms with Gasteiger partial charge in [0.25, 0.3) is 24.2 Å². The van der Waals surface area contributed by atoms with E-state index in [0.717, 1.165) is 13.7 Å². The first kappa shape index (κ1) is 87.5. The number of hydrogen-bond acceptors (Lipinski definition) is 28. The lowest BCUT2D eigenvalue weighted by atomic mass is 10.2. The zero-order valence-corrected chi connectivity index (χ0v) is 71.1. The molecule has 45 nitrogen and oxygen atoms in total. The van der Waals surface area contributed by atoms with E-state index in [1.807, 2.05) is 0 Å². The summed E-state index contributed by atoms with van der Waals surface area (Å²) in [5.74, 6) is 0.278. The molecule has 5 saturated heterocycles. The monoisotopic (exact) mass is 1710 g/mol. The molecular formula is C65H103N24O21P5. The number of anilines is 2. The van der Waals surface area contributed by atoms with Crippen LogP contribution in [0.1, 0.15) is 61.9 Å². The highest BCUT2D eigenvalue weighted by atomic mass is 31.2. The highest BCUT2D eigenvalue weighted by Gasteiger charge is 2.51. The van der Waals surface area contributed by atoms with Crippen molar-refractivity contribution in [1.29, 1.82) is 0 Å². The number of benzene rings is 1. The van der Waals surface area contributed by atoms with Crippen LogP contribution in [0.15, 0.2) is 84.3 Å². The Kier molecular flexibility index (Phi) is 26.8. The van der Waals surface area contributed by atoms with Gasteiger partial charge in [-0.2, -0.15) is 4.98 Å². The molecule has 6 aromatic heterocycles. The Balaban J connectivity index is 0.813. The largest absolute Gasteiger partial charge is 0.397 e. The summed E-state index contributed by atoms with van der Waals surface area (Å²) in [5, 5.41) is 3.34. The van der Waals surface area contributed by atoms with E-state index in [1.165, 1.54) is 124 Å². The van der Waals surface area contributed by atoms with Crippen LogP contribution in [0.25, 0.3) is 22.2 Å². The second-order valence-electron chi connectivity index (χ2n) is 29.9. The van der Waals surface area contributed by atoms with Crippen LogP contribution in [0.2, 0.25) is 0 Å². The molecule has 0 radical (unpaired) electrons. The van der Waals surface area contributed by atoms with E-state index < -0.39 is 159 Å². The van der Waals surface area contributed by atoms with Gasteiger partial charge in [-0.25, -0.2) is 71.4 Å². The molecule has 5 aliphatic heterocycles. The van der Waals surface area contributed by atoms with E-state index >= 15 is 18.3 Å². The zero-order chi connectivity index (χ0) is 83.3. The third-order valence-corrected chi connectivity index (χ3v) is 33.4. The smallest absolute Gasteiger partial charge is 0.351 e. The SMILES string of the molecule is Cc1nc2c(ncn2C2CNCC(COP(=O)(N(C)C)N3CC(COP(=O)(N(C)C)N4CC(COP(=O)(N(C)C)N5CC(COP(=O)(N(C)C)N6CC(COP(=O)(C(C)C)N(C)C)OC(n7cc(C)c(=O)[nH]c7=O)C6)OC(n6ccc(N)nc6=O)C5)OC(n5cc(C)c(=O)[nH]c5=O)C4)OC(n4cnc5c(N)cccc54)C3)O2)c(=O)[nH]1. The number of ether oxygens (including phenoxy) is 5. The summed E-state index contributed by atoms with van der Waals surface area (Å²) in [4.78, 5) is 104. The number of nitrogens with one attached hydrogen (secondary N) is 4. The number of morpholine rings is 5. The first-order valence-corrected chi connectivity index (χ1v) is 44.7. The quantitative estimate of drug-likeness (QED) is 0.0276. The first-order chi connectivity index (χ1) is 54.2. The zero-order valence-electron chi connectivity index (χ0n) is 66.7. The number of nitrogen functional groups attached to an aromatic ring is 2. The molecule has 7 aromatic rings. The van der Waals surface area contributed by atoms with Gasteiger partial charge >= 0.3 is 47.8 Å². The van der Waals surface area contributed by atoms with Gasteiger partial charge in [-0.3, -0.25) is 65.4 Å². The van der Waals surface area contributed by atoms with Crippen molar-refractivity contribution in [2.75, 3.05) is 180 Å². The van der Waals surface area contributed by atoms with Crippen LogP contribution in [-0.4, -0.2) is 305 Å². The third-order valence-electron chi connectivity index (χ3n) is 20.3. The minimum Gasteiger partial charge on any atom is -0.397 e. The maximum Gasteiger partial charge on any atom is 0.351 e. The Morgan fingerprint density at radius 3 is 1.31 bits per heavy atom. The second-order valence-corrected chi connectivity index (χ2v) is 43.5. The van der Waals surface area contributed by atoms with Gasteiger partial charge in [0, 0.05) is 74.6 Å². The summed E-state index contributed by atoms with van der Waals surface area (Å²) in [5.41, 5.74) is 9.88. The third kappa shape index (κ3) is 18.4. The molecular weight excluding hydrogens is 1610 g/mol. The minimum absolute atomic E-state index is 0.0427. The van der Waals surface area contributed by atoms with Crippen LogP contribution in [-0.2, 0) is 69.1 Å². The van der Waals surface area contributed by atoms with Crippen molar-refractivity contribution in [2.45, 2.75) is 102 Å². The number of hydrogen-bond donors (Lipinski definition) is 6. The lowest BCUT2D eigenvalue weighted by Gasteiger charge is -2.46. The number of aryl methyl sites for hydroxylation is 3. The van der Waals surface area contributed by atoms with Crippen molar-refractivity contribution in [3.05, 3.63) is 135 Å². The Bertz CT molecular complexity index is 5310. The van der Waals surface area contributed by atoms with E-state index in [9.17, 15) is 33.3 Å². The van der Waals surface area contributed by atoms with E-state index in [0.29, 0.717) is 41.3 Å². The van der Waals surface area contributed by atoms with E-state index in [1.54, 1.807) is 87.3 Å². The predicted octanol–water partition coefficient (Wildman–Crippen LogP) is 1.83. The van der Waals surface area contributed by atoms with Gasteiger partial charge in [-0.05, 0) is 109 Å². The number of nitrogens with two attached hydrogens (primary N) is 2. The molecule has 0 saturated carbocycles. The summed E-state index contributed by atoms with van der Waals surface area (Å²) in [7, 11) is -5.26. The van der Waals surface area contributed by atoms with E-state index in [2.05, 4.69) is 40.2 Å². The van der Waals surface area contributed by atoms with Crippen molar-refractivity contribution in [3.63, 3.8) is 0 Å². The molecule has 15 unspecified atom stereocenters. The fraction of sp³-hybridized carbons (Fsp3) is 0.631. The van der Waals surface area contributed by atoms with Crippen LogP contribution in [0.3, 0.4) is 0 Å². The summed E-state index contributed by atoms with van der Waals surface area (Å²) < 4.78 is 164. The molecule has 634 valence electrons. The molecule has 8 N–H and O–H groups in total. The summed E-state index contributed by atoms with van der Waals surface area (Å²) in [6.07, 6.45) is -3.75. The Morgan fingerprint density at radius 2 is 0.878 bits per heavy atom. The summed E-state index contributed by atoms with van der Waals surface area (Å²) >= 11 is 0. The molecule has 115 heavy (non-hydrogen) atoms. The van der Waals surface area contributed by atoms with Gasteiger partial charge < -0.3 is 72.6 Å². The topological polar surface area (TPSA) is 497 Å². The maximum atomic E-state index is 16.3. The molecule has 0 bridgehead atoms. The first-order valence-electron chi connectivity index (χ1n) is 37.0. The number of aromatic amines is 3. The van der Waals surface area contributed by atoms with Gasteiger partial charge in [-0.15, -0.1) is 0 Å². The van der Waals surface area contributed by atoms with Crippen LogP contribution in [0.5, 0.6) is 0 Å². The van der Waals surface area contributed by atoms with Crippen molar-refractivity contribution < 1.29 is 69.1 Å². The van der Waals surface area contributed by atoms with Gasteiger partial charge in [0.1, 0.15) is 29.6 Å². The van der Waals surface area contributed by atoms with Crippen molar-refractivity contribution in [2.24, 2.45) is 0 Å². The van der Waals surface area contributed by atoms with Gasteiger partial charge in [0.05, 0.1) is 114 Å². The van der Waals surface area contributed by atoms with Gasteiger partial charge in [-0.1, -0.05) is 19.9 Å². The fourth-order valence-electron chi connectivity index (χ4n) is 14.2. The predicted molar refractivity (Wildman–Crippen MR) is 422 cm³/mol. The fourth-order valence-corrected chi connectivity index (χ4v) is 24.0. The normalized spacial score (nSPS) is 26.1. The standard InChI is InChI=1S/C65H103N24O21P5/c1-40(2)111(96,76(6)7)101-34-45-25-82(30-54(108-45)86-23-41(3)60(90)74-64(86)94)114(99,79(12)13)103-35-46-26-81(29-53(107-46)85-20-19-51(67)73-63(85)93)113(98,78(10)11)104-36-47-27-83(31-55(109-47)87-24-42(4)61(91)75-65(87)95)115(100,80(14)15)105-37-48-28-84(32-56(110-48)88-38-69-57-49(66)17-16-18-50(57)88)112(97,77(8)9)102-33-44-21-68-22-52(106-44)89-39-70-58-59(89)71-43(5)72-62(58)92/h16-20,23-24,38-40,44-48,52-56,68H,21-22,25-37,66H2,1-15H3,(H2,67,73,93)(H,71,72,92)(H,74,90,94)(H,75,91,95). The highest BCUT2D eigenvalue weighted by molar-refractivity contribution is 7.57. The Hall–Kier alpha value is -6.77. The summed E-state index contributed by atoms with van der Waals surface area (Å²) in [6.45, 7) is 4.91. The molecule has 50 heteroatoms. The average Bonchev–Trinajstić information content (AvgIpc) is 1.74. The van der Waals surface area contributed by atoms with Crippen LogP contribution < -0.4 is 50.5 Å². The number of para-hydroxylation sites is 1. The number of imidazole rings is 2.